The Morgan fingerprint density at radius 2 is 2.10 bits per heavy atom. The van der Waals surface area contributed by atoms with Gasteiger partial charge in [0.05, 0.1) is 6.10 Å². The van der Waals surface area contributed by atoms with Crippen molar-refractivity contribution < 1.29 is 9.53 Å². The Hall–Kier alpha value is -0.570. The molecule has 58 valence electrons. The topological polar surface area (TPSA) is 48.2 Å². The van der Waals surface area contributed by atoms with Crippen molar-refractivity contribution in [2.45, 2.75) is 39.0 Å². The first kappa shape index (κ1) is 7.54. The van der Waals surface area contributed by atoms with Crippen LogP contribution in [-0.4, -0.2) is 24.2 Å². The molecule has 1 N–H and O–H groups in total. The Bertz CT molecular complexity index is 145. The second-order valence-electron chi connectivity index (χ2n) is 2.92. The molecule has 0 aromatic heterocycles. The molecule has 0 radical (unpaired) electrons. The third kappa shape index (κ3) is 1.70. The summed E-state index contributed by atoms with van der Waals surface area (Å²) in [5.41, 5.74) is 0. The molecule has 1 saturated heterocycles. The molecule has 2 atom stereocenters. The molecule has 3 heteroatoms. The number of hydrogen-bond donors (Lipinski definition) is 1. The van der Waals surface area contributed by atoms with E-state index in [0.29, 0.717) is 6.04 Å². The van der Waals surface area contributed by atoms with Crippen LogP contribution in [0.2, 0.25) is 0 Å². The molecule has 0 spiro atoms. The second kappa shape index (κ2) is 2.58. The molecule has 1 rings (SSSR count). The molecule has 2 unspecified atom stereocenters. The molecular weight excluding hydrogens is 130 g/mol. The molecule has 10 heavy (non-hydrogen) atoms. The summed E-state index contributed by atoms with van der Waals surface area (Å²) < 4.78 is 4.94. The molecule has 1 aliphatic rings. The van der Waals surface area contributed by atoms with E-state index >= 15 is 0 Å². The molecule has 0 amide bonds. The first-order valence-corrected chi connectivity index (χ1v) is 3.58. The maximum absolute atomic E-state index is 10.9. The summed E-state index contributed by atoms with van der Waals surface area (Å²) in [6, 6.07) is 0.272. The predicted molar refractivity (Wildman–Crippen MR) is 37.6 cm³/mol. The smallest absolute Gasteiger partial charge is 0.325 e. The maximum Gasteiger partial charge on any atom is 0.325 e. The van der Waals surface area contributed by atoms with Crippen molar-refractivity contribution >= 4 is 5.97 Å². The van der Waals surface area contributed by atoms with E-state index < -0.39 is 0 Å². The number of carbonyl (C=O) groups excluding carboxylic acids is 1. The van der Waals surface area contributed by atoms with Gasteiger partial charge in [-0.15, -0.1) is 0 Å². The minimum atomic E-state index is -0.123. The lowest BCUT2D eigenvalue weighted by molar-refractivity contribution is -0.146. The van der Waals surface area contributed by atoms with E-state index in [1.54, 1.807) is 0 Å². The molecule has 0 bridgehead atoms. The highest BCUT2D eigenvalue weighted by molar-refractivity contribution is 5.80. The largest absolute Gasteiger partial charge is 0.462 e. The van der Waals surface area contributed by atoms with E-state index in [0.717, 1.165) is 0 Å². The van der Waals surface area contributed by atoms with Gasteiger partial charge in [-0.25, -0.2) is 0 Å². The highest BCUT2D eigenvalue weighted by Gasteiger charge is 2.39. The SMILES string of the molecule is CC(C)OC(=O)C1NC1C. The number of ether oxygens (including phenoxy) is 1. The molecular formula is C7H13NO2. The van der Waals surface area contributed by atoms with Gasteiger partial charge in [0.15, 0.2) is 0 Å². The Balaban J connectivity index is 2.23. The Morgan fingerprint density at radius 1 is 1.60 bits per heavy atom. The molecule has 3 nitrogen and oxygen atoms in total. The summed E-state index contributed by atoms with van der Waals surface area (Å²) in [5.74, 6) is -0.123. The van der Waals surface area contributed by atoms with Gasteiger partial charge in [0.25, 0.3) is 0 Å². The van der Waals surface area contributed by atoms with Crippen molar-refractivity contribution in [1.82, 2.24) is 5.32 Å². The van der Waals surface area contributed by atoms with Gasteiger partial charge < -0.3 is 4.74 Å². The van der Waals surface area contributed by atoms with E-state index in [-0.39, 0.29) is 18.1 Å². The summed E-state index contributed by atoms with van der Waals surface area (Å²) in [6.45, 7) is 5.67. The maximum atomic E-state index is 10.9. The molecule has 0 aromatic carbocycles. The van der Waals surface area contributed by atoms with Crippen LogP contribution in [0.1, 0.15) is 20.8 Å². The zero-order valence-electron chi connectivity index (χ0n) is 6.55. The predicted octanol–water partition coefficient (Wildman–Crippen LogP) is 0.298. The van der Waals surface area contributed by atoms with Crippen LogP contribution < -0.4 is 5.32 Å². The molecule has 1 fully saturated rings. The Morgan fingerprint density at radius 3 is 2.40 bits per heavy atom. The van der Waals surface area contributed by atoms with Crippen molar-refractivity contribution in [3.63, 3.8) is 0 Å². The van der Waals surface area contributed by atoms with Crippen LogP contribution >= 0.6 is 0 Å². The van der Waals surface area contributed by atoms with Crippen molar-refractivity contribution in [3.05, 3.63) is 0 Å². The van der Waals surface area contributed by atoms with Gasteiger partial charge in [0.1, 0.15) is 6.04 Å². The van der Waals surface area contributed by atoms with Gasteiger partial charge in [0.2, 0.25) is 0 Å². The normalized spacial score (nSPS) is 30.4. The minimum Gasteiger partial charge on any atom is -0.462 e. The number of nitrogens with one attached hydrogen (secondary N) is 1. The van der Waals surface area contributed by atoms with Crippen molar-refractivity contribution in [1.29, 1.82) is 0 Å². The fourth-order valence-electron chi connectivity index (χ4n) is 0.805. The molecule has 1 aliphatic heterocycles. The van der Waals surface area contributed by atoms with Crippen molar-refractivity contribution in [2.24, 2.45) is 0 Å². The first-order valence-electron chi connectivity index (χ1n) is 3.58. The quantitative estimate of drug-likeness (QED) is 0.446. The fourth-order valence-corrected chi connectivity index (χ4v) is 0.805. The lowest BCUT2D eigenvalue weighted by atomic mass is 10.3. The van der Waals surface area contributed by atoms with E-state index in [1.165, 1.54) is 0 Å². The lowest BCUT2D eigenvalue weighted by Crippen LogP contribution is -2.18. The van der Waals surface area contributed by atoms with E-state index in [4.69, 9.17) is 4.74 Å². The second-order valence-corrected chi connectivity index (χ2v) is 2.92. The zero-order chi connectivity index (χ0) is 7.72. The third-order valence-corrected chi connectivity index (χ3v) is 1.44. The van der Waals surface area contributed by atoms with Gasteiger partial charge in [-0.3, -0.25) is 10.1 Å². The van der Waals surface area contributed by atoms with E-state index in [1.807, 2.05) is 20.8 Å². The van der Waals surface area contributed by atoms with Crippen LogP contribution in [0, 0.1) is 0 Å². The number of carbonyl (C=O) groups is 1. The Labute approximate surface area is 60.7 Å². The van der Waals surface area contributed by atoms with Crippen molar-refractivity contribution in [3.8, 4) is 0 Å². The number of esters is 1. The van der Waals surface area contributed by atoms with E-state index in [9.17, 15) is 4.79 Å². The summed E-state index contributed by atoms with van der Waals surface area (Å²) in [7, 11) is 0. The molecule has 0 saturated carbocycles. The van der Waals surface area contributed by atoms with Crippen LogP contribution in [0.25, 0.3) is 0 Å². The molecule has 0 aromatic rings. The van der Waals surface area contributed by atoms with Crippen LogP contribution in [-0.2, 0) is 9.53 Å². The summed E-state index contributed by atoms with van der Waals surface area (Å²) >= 11 is 0. The fraction of sp³-hybridized carbons (Fsp3) is 0.857. The lowest BCUT2D eigenvalue weighted by Gasteiger charge is -2.05. The van der Waals surface area contributed by atoms with Gasteiger partial charge in [-0.2, -0.15) is 0 Å². The highest BCUT2D eigenvalue weighted by Crippen LogP contribution is 2.11. The Kier molecular flexibility index (Phi) is 1.94. The summed E-state index contributed by atoms with van der Waals surface area (Å²) in [6.07, 6.45) is 0.00194. The van der Waals surface area contributed by atoms with Gasteiger partial charge >= 0.3 is 5.97 Å². The average molecular weight is 143 g/mol. The average Bonchev–Trinajstić information content (AvgIpc) is 2.44. The zero-order valence-corrected chi connectivity index (χ0v) is 6.55. The summed E-state index contributed by atoms with van der Waals surface area (Å²) in [5, 5.41) is 2.96. The summed E-state index contributed by atoms with van der Waals surface area (Å²) in [4.78, 5) is 10.9. The third-order valence-electron chi connectivity index (χ3n) is 1.44. The number of rotatable bonds is 2. The van der Waals surface area contributed by atoms with Crippen LogP contribution in [0.5, 0.6) is 0 Å². The minimum absolute atomic E-state index is 0.00194. The highest BCUT2D eigenvalue weighted by atomic mass is 16.5. The van der Waals surface area contributed by atoms with Crippen LogP contribution in [0.4, 0.5) is 0 Å². The number of hydrogen-bond acceptors (Lipinski definition) is 3. The van der Waals surface area contributed by atoms with Crippen LogP contribution in [0.15, 0.2) is 0 Å². The van der Waals surface area contributed by atoms with Gasteiger partial charge in [0, 0.05) is 6.04 Å². The first-order chi connectivity index (χ1) is 4.61. The monoisotopic (exact) mass is 143 g/mol. The standard InChI is InChI=1S/C7H13NO2/c1-4(2)10-7(9)6-5(3)8-6/h4-6,8H,1-3H3. The van der Waals surface area contributed by atoms with Gasteiger partial charge in [-0.1, -0.05) is 0 Å². The van der Waals surface area contributed by atoms with Crippen LogP contribution in [0.3, 0.4) is 0 Å². The molecule has 1 heterocycles. The van der Waals surface area contributed by atoms with Crippen molar-refractivity contribution in [2.75, 3.05) is 0 Å². The van der Waals surface area contributed by atoms with Gasteiger partial charge in [-0.05, 0) is 20.8 Å². The molecule has 0 aliphatic carbocycles. The van der Waals surface area contributed by atoms with E-state index in [2.05, 4.69) is 5.32 Å².